The summed E-state index contributed by atoms with van der Waals surface area (Å²) >= 11 is 0. The highest BCUT2D eigenvalue weighted by Gasteiger charge is 2.10. The second kappa shape index (κ2) is 5.88. The summed E-state index contributed by atoms with van der Waals surface area (Å²) in [5.41, 5.74) is 3.75. The molecule has 0 saturated heterocycles. The summed E-state index contributed by atoms with van der Waals surface area (Å²) in [7, 11) is 0. The Balaban J connectivity index is 1.75. The van der Waals surface area contributed by atoms with Gasteiger partial charge in [-0.2, -0.15) is 0 Å². The lowest BCUT2D eigenvalue weighted by atomic mass is 10.1. The first-order valence-corrected chi connectivity index (χ1v) is 7.06. The van der Waals surface area contributed by atoms with E-state index in [1.165, 1.54) is 22.0 Å². The number of aromatic amines is 1. The minimum atomic E-state index is 0.345. The Bertz CT molecular complexity index is 673. The molecule has 2 aromatic heterocycles. The van der Waals surface area contributed by atoms with Gasteiger partial charge in [-0.3, -0.25) is 4.98 Å². The zero-order chi connectivity index (χ0) is 13.8. The third kappa shape index (κ3) is 2.58. The summed E-state index contributed by atoms with van der Waals surface area (Å²) in [6, 6.07) is 12.9. The minimum absolute atomic E-state index is 0.345. The molecule has 0 aliphatic carbocycles. The summed E-state index contributed by atoms with van der Waals surface area (Å²) in [4.78, 5) is 7.52. The number of rotatable bonds is 5. The van der Waals surface area contributed by atoms with Crippen LogP contribution in [0.15, 0.2) is 55.0 Å². The molecule has 0 aliphatic heterocycles. The van der Waals surface area contributed by atoms with E-state index in [1.54, 1.807) is 0 Å². The van der Waals surface area contributed by atoms with Crippen molar-refractivity contribution in [1.82, 2.24) is 15.3 Å². The van der Waals surface area contributed by atoms with E-state index < -0.39 is 0 Å². The molecule has 3 rings (SSSR count). The molecule has 0 aliphatic rings. The Hall–Kier alpha value is -2.13. The number of pyridine rings is 1. The van der Waals surface area contributed by atoms with Gasteiger partial charge in [0.1, 0.15) is 0 Å². The van der Waals surface area contributed by atoms with Crippen LogP contribution < -0.4 is 5.32 Å². The van der Waals surface area contributed by atoms with Gasteiger partial charge in [-0.05, 0) is 29.7 Å². The van der Waals surface area contributed by atoms with Gasteiger partial charge < -0.3 is 10.3 Å². The first kappa shape index (κ1) is 12.9. The third-order valence-corrected chi connectivity index (χ3v) is 3.71. The molecule has 102 valence electrons. The van der Waals surface area contributed by atoms with Crippen LogP contribution in [0.1, 0.15) is 30.5 Å². The van der Waals surface area contributed by atoms with Gasteiger partial charge in [0.25, 0.3) is 0 Å². The lowest BCUT2D eigenvalue weighted by Crippen LogP contribution is -2.20. The van der Waals surface area contributed by atoms with Crippen LogP contribution in [-0.2, 0) is 6.54 Å². The van der Waals surface area contributed by atoms with Gasteiger partial charge >= 0.3 is 0 Å². The van der Waals surface area contributed by atoms with Gasteiger partial charge in [0.05, 0.1) is 0 Å². The second-order valence-corrected chi connectivity index (χ2v) is 4.99. The number of hydrogen-bond acceptors (Lipinski definition) is 2. The molecule has 3 heteroatoms. The molecule has 1 aromatic carbocycles. The van der Waals surface area contributed by atoms with Crippen molar-refractivity contribution in [2.45, 2.75) is 25.9 Å². The van der Waals surface area contributed by atoms with Gasteiger partial charge in [0, 0.05) is 42.1 Å². The van der Waals surface area contributed by atoms with Crippen molar-refractivity contribution in [2.75, 3.05) is 0 Å². The van der Waals surface area contributed by atoms with Crippen molar-refractivity contribution in [2.24, 2.45) is 0 Å². The Morgan fingerprint density at radius 2 is 2.10 bits per heavy atom. The van der Waals surface area contributed by atoms with Crippen LogP contribution in [0.5, 0.6) is 0 Å². The van der Waals surface area contributed by atoms with Gasteiger partial charge in [0.2, 0.25) is 0 Å². The van der Waals surface area contributed by atoms with E-state index in [1.807, 2.05) is 18.5 Å². The summed E-state index contributed by atoms with van der Waals surface area (Å²) in [5, 5.41) is 4.91. The second-order valence-electron chi connectivity index (χ2n) is 4.99. The molecule has 3 aromatic rings. The van der Waals surface area contributed by atoms with Gasteiger partial charge in [-0.15, -0.1) is 0 Å². The molecular formula is C17H19N3. The minimum Gasteiger partial charge on any atom is -0.361 e. The Morgan fingerprint density at radius 3 is 2.90 bits per heavy atom. The van der Waals surface area contributed by atoms with Gasteiger partial charge in [-0.25, -0.2) is 0 Å². The van der Waals surface area contributed by atoms with E-state index in [9.17, 15) is 0 Å². The van der Waals surface area contributed by atoms with Gasteiger partial charge in [-0.1, -0.05) is 31.2 Å². The van der Waals surface area contributed by atoms with Crippen molar-refractivity contribution in [3.8, 4) is 0 Å². The number of fused-ring (bicyclic) bond motifs is 1. The van der Waals surface area contributed by atoms with E-state index in [2.05, 4.69) is 58.7 Å². The maximum Gasteiger partial charge on any atom is 0.0457 e. The van der Waals surface area contributed by atoms with Crippen LogP contribution in [-0.4, -0.2) is 9.97 Å². The fourth-order valence-corrected chi connectivity index (χ4v) is 2.59. The molecular weight excluding hydrogens is 246 g/mol. The van der Waals surface area contributed by atoms with E-state index in [-0.39, 0.29) is 0 Å². The summed E-state index contributed by atoms with van der Waals surface area (Å²) in [6.45, 7) is 3.05. The molecule has 0 saturated carbocycles. The summed E-state index contributed by atoms with van der Waals surface area (Å²) < 4.78 is 0. The number of hydrogen-bond donors (Lipinski definition) is 2. The molecule has 0 spiro atoms. The normalized spacial score (nSPS) is 12.7. The maximum atomic E-state index is 4.20. The predicted octanol–water partition coefficient (Wildman–Crippen LogP) is 3.80. The lowest BCUT2D eigenvalue weighted by Gasteiger charge is -2.16. The quantitative estimate of drug-likeness (QED) is 0.736. The molecule has 20 heavy (non-hydrogen) atoms. The van der Waals surface area contributed by atoms with Crippen LogP contribution in [0.3, 0.4) is 0 Å². The summed E-state index contributed by atoms with van der Waals surface area (Å²) in [6.07, 6.45) is 6.90. The first-order chi connectivity index (χ1) is 9.88. The zero-order valence-electron chi connectivity index (χ0n) is 11.6. The van der Waals surface area contributed by atoms with Crippen molar-refractivity contribution in [3.63, 3.8) is 0 Å². The monoisotopic (exact) mass is 265 g/mol. The standard InChI is InChI=1S/C17H19N3/c1-2-16(13-6-5-9-18-10-13)19-11-14-12-20-17-8-4-3-7-15(14)17/h3-10,12,16,19-20H,2,11H2,1H3/t16-/m1/s1. The fourth-order valence-electron chi connectivity index (χ4n) is 2.59. The van der Waals surface area contributed by atoms with Crippen LogP contribution >= 0.6 is 0 Å². The molecule has 0 unspecified atom stereocenters. The van der Waals surface area contributed by atoms with Crippen LogP contribution in [0.4, 0.5) is 0 Å². The molecule has 0 fully saturated rings. The SMILES string of the molecule is CC[C@@H](NCc1c[nH]c2ccccc12)c1cccnc1. The van der Waals surface area contributed by atoms with Crippen LogP contribution in [0.25, 0.3) is 10.9 Å². The molecule has 0 bridgehead atoms. The largest absolute Gasteiger partial charge is 0.361 e. The van der Waals surface area contributed by atoms with Crippen molar-refractivity contribution >= 4 is 10.9 Å². The van der Waals surface area contributed by atoms with E-state index in [4.69, 9.17) is 0 Å². The van der Waals surface area contributed by atoms with E-state index in [0.29, 0.717) is 6.04 Å². The fraction of sp³-hybridized carbons (Fsp3) is 0.235. The van der Waals surface area contributed by atoms with Crippen LogP contribution in [0, 0.1) is 0 Å². The van der Waals surface area contributed by atoms with Crippen molar-refractivity contribution < 1.29 is 0 Å². The first-order valence-electron chi connectivity index (χ1n) is 7.06. The molecule has 0 amide bonds. The maximum absolute atomic E-state index is 4.20. The number of para-hydroxylation sites is 1. The molecule has 0 radical (unpaired) electrons. The van der Waals surface area contributed by atoms with Gasteiger partial charge in [0.15, 0.2) is 0 Å². The Morgan fingerprint density at radius 1 is 1.20 bits per heavy atom. The number of H-pyrrole nitrogens is 1. The predicted molar refractivity (Wildman–Crippen MR) is 82.4 cm³/mol. The number of nitrogens with one attached hydrogen (secondary N) is 2. The number of aromatic nitrogens is 2. The smallest absolute Gasteiger partial charge is 0.0457 e. The Kier molecular flexibility index (Phi) is 3.79. The van der Waals surface area contributed by atoms with Crippen LogP contribution in [0.2, 0.25) is 0 Å². The highest BCUT2D eigenvalue weighted by Crippen LogP contribution is 2.20. The molecule has 3 nitrogen and oxygen atoms in total. The molecule has 1 atom stereocenters. The third-order valence-electron chi connectivity index (χ3n) is 3.71. The number of nitrogens with zero attached hydrogens (tertiary/aromatic N) is 1. The number of benzene rings is 1. The highest BCUT2D eigenvalue weighted by molar-refractivity contribution is 5.82. The highest BCUT2D eigenvalue weighted by atomic mass is 14.9. The zero-order valence-corrected chi connectivity index (χ0v) is 11.6. The van der Waals surface area contributed by atoms with Crippen molar-refractivity contribution in [3.05, 3.63) is 66.1 Å². The summed E-state index contributed by atoms with van der Waals surface area (Å²) in [5.74, 6) is 0. The average Bonchev–Trinajstić information content (AvgIpc) is 2.92. The van der Waals surface area contributed by atoms with Crippen molar-refractivity contribution in [1.29, 1.82) is 0 Å². The van der Waals surface area contributed by atoms with E-state index >= 15 is 0 Å². The van der Waals surface area contributed by atoms with E-state index in [0.717, 1.165) is 13.0 Å². The topological polar surface area (TPSA) is 40.7 Å². The Labute approximate surface area is 119 Å². The molecule has 2 heterocycles. The average molecular weight is 265 g/mol. The lowest BCUT2D eigenvalue weighted by molar-refractivity contribution is 0.519. The molecule has 2 N–H and O–H groups in total.